The van der Waals surface area contributed by atoms with Gasteiger partial charge < -0.3 is 25.0 Å². The van der Waals surface area contributed by atoms with Crippen molar-refractivity contribution in [3.8, 4) is 0 Å². The van der Waals surface area contributed by atoms with Crippen LogP contribution < -0.4 is 5.32 Å². The predicted molar refractivity (Wildman–Crippen MR) is 128 cm³/mol. The van der Waals surface area contributed by atoms with Crippen molar-refractivity contribution < 1.29 is 32.6 Å². The molecular weight excluding hydrogens is 493 g/mol. The number of aliphatic hydroxyl groups excluding tert-OH is 1. The second-order valence-electron chi connectivity index (χ2n) is 9.35. The van der Waals surface area contributed by atoms with Gasteiger partial charge in [0.25, 0.3) is 0 Å². The van der Waals surface area contributed by atoms with Crippen LogP contribution in [0, 0.1) is 5.92 Å². The summed E-state index contributed by atoms with van der Waals surface area (Å²) in [4.78, 5) is 28.7. The Hall–Kier alpha value is -3.19. The molecule has 0 fully saturated rings. The van der Waals surface area contributed by atoms with Gasteiger partial charge in [-0.25, -0.2) is 9.48 Å². The van der Waals surface area contributed by atoms with Gasteiger partial charge >= 0.3 is 12.2 Å². The van der Waals surface area contributed by atoms with E-state index in [1.165, 1.54) is 24.1 Å². The topological polar surface area (TPSA) is 113 Å². The fourth-order valence-corrected chi connectivity index (χ4v) is 4.09. The van der Waals surface area contributed by atoms with Gasteiger partial charge in [0.15, 0.2) is 0 Å². The average Bonchev–Trinajstić information content (AvgIpc) is 3.30. The minimum Gasteiger partial charge on any atom is -0.394 e. The van der Waals surface area contributed by atoms with Gasteiger partial charge in [0.2, 0.25) is 5.91 Å². The lowest BCUT2D eigenvalue weighted by Gasteiger charge is -2.35. The molecule has 3 rings (SSSR count). The van der Waals surface area contributed by atoms with Crippen molar-refractivity contribution in [2.75, 3.05) is 32.1 Å². The van der Waals surface area contributed by atoms with Gasteiger partial charge in [0, 0.05) is 44.7 Å². The SMILES string of the molecule is C[C@@H]1CN([C@H](C)CO)C(=O)CCCn2nncc2CO[C@H]1CN(C)C(=O)Nc1cccc(C(F)(F)F)c1. The summed E-state index contributed by atoms with van der Waals surface area (Å²) >= 11 is 0. The number of halogens is 3. The number of urea groups is 1. The third-order valence-electron chi connectivity index (χ3n) is 6.38. The summed E-state index contributed by atoms with van der Waals surface area (Å²) in [7, 11) is 1.51. The zero-order chi connectivity index (χ0) is 27.2. The molecule has 0 saturated carbocycles. The summed E-state index contributed by atoms with van der Waals surface area (Å²) in [5, 5.41) is 20.2. The average molecular weight is 527 g/mol. The first-order chi connectivity index (χ1) is 17.5. The second-order valence-corrected chi connectivity index (χ2v) is 9.35. The smallest absolute Gasteiger partial charge is 0.394 e. The number of amides is 3. The number of aliphatic hydroxyl groups is 1. The maximum Gasteiger partial charge on any atom is 0.416 e. The third-order valence-corrected chi connectivity index (χ3v) is 6.38. The quantitative estimate of drug-likeness (QED) is 0.620. The minimum atomic E-state index is -4.53. The molecule has 2 heterocycles. The first-order valence-corrected chi connectivity index (χ1v) is 12.1. The number of aryl methyl sites for hydroxylation is 1. The number of likely N-dealkylation sites (N-methyl/N-ethyl adjacent to an activating group) is 1. The maximum atomic E-state index is 13.0. The van der Waals surface area contributed by atoms with E-state index in [0.29, 0.717) is 19.5 Å². The number of hydrogen-bond donors (Lipinski definition) is 2. The number of fused-ring (bicyclic) bond motifs is 1. The molecule has 13 heteroatoms. The first kappa shape index (κ1) is 28.4. The molecule has 1 aliphatic rings. The van der Waals surface area contributed by atoms with Crippen molar-refractivity contribution in [1.82, 2.24) is 24.8 Å². The van der Waals surface area contributed by atoms with E-state index in [1.807, 2.05) is 6.92 Å². The second kappa shape index (κ2) is 12.4. The summed E-state index contributed by atoms with van der Waals surface area (Å²) in [6, 6.07) is 3.40. The number of anilines is 1. The summed E-state index contributed by atoms with van der Waals surface area (Å²) in [6.45, 7) is 4.50. The Bertz CT molecular complexity index is 1060. The van der Waals surface area contributed by atoms with Crippen LogP contribution in [0.5, 0.6) is 0 Å². The van der Waals surface area contributed by atoms with Crippen molar-refractivity contribution in [2.45, 2.75) is 58.2 Å². The van der Waals surface area contributed by atoms with Gasteiger partial charge in [-0.3, -0.25) is 4.79 Å². The third kappa shape index (κ3) is 7.65. The molecule has 10 nitrogen and oxygen atoms in total. The van der Waals surface area contributed by atoms with Gasteiger partial charge in [0.05, 0.1) is 42.8 Å². The molecule has 204 valence electrons. The lowest BCUT2D eigenvalue weighted by atomic mass is 10.0. The summed E-state index contributed by atoms with van der Waals surface area (Å²) in [5.41, 5.74) is -0.123. The Morgan fingerprint density at radius 2 is 2.14 bits per heavy atom. The van der Waals surface area contributed by atoms with Crippen LogP contribution in [0.3, 0.4) is 0 Å². The molecule has 1 aliphatic heterocycles. The van der Waals surface area contributed by atoms with Gasteiger partial charge in [-0.15, -0.1) is 5.10 Å². The Morgan fingerprint density at radius 3 is 2.84 bits per heavy atom. The Labute approximate surface area is 213 Å². The van der Waals surface area contributed by atoms with E-state index in [4.69, 9.17) is 4.74 Å². The molecule has 1 aromatic carbocycles. The number of ether oxygens (including phenoxy) is 1. The summed E-state index contributed by atoms with van der Waals surface area (Å²) in [5.74, 6) is -0.351. The molecule has 0 aliphatic carbocycles. The highest BCUT2D eigenvalue weighted by molar-refractivity contribution is 5.89. The number of alkyl halides is 3. The van der Waals surface area contributed by atoms with Crippen LogP contribution in [0.1, 0.15) is 37.9 Å². The highest BCUT2D eigenvalue weighted by Gasteiger charge is 2.31. The molecule has 0 radical (unpaired) electrons. The number of carbonyl (C=O) groups is 2. The predicted octanol–water partition coefficient (Wildman–Crippen LogP) is 2.99. The van der Waals surface area contributed by atoms with Crippen LogP contribution in [-0.4, -0.2) is 80.7 Å². The number of benzene rings is 1. The van der Waals surface area contributed by atoms with Crippen LogP contribution in [0.15, 0.2) is 30.5 Å². The Balaban J connectivity index is 1.77. The van der Waals surface area contributed by atoms with E-state index in [9.17, 15) is 27.9 Å². The molecule has 2 N–H and O–H groups in total. The number of carbonyl (C=O) groups excluding carboxylic acids is 2. The van der Waals surface area contributed by atoms with Gasteiger partial charge in [-0.05, 0) is 31.5 Å². The Morgan fingerprint density at radius 1 is 1.38 bits per heavy atom. The molecule has 1 aromatic heterocycles. The highest BCUT2D eigenvalue weighted by Crippen LogP contribution is 2.30. The van der Waals surface area contributed by atoms with Crippen molar-refractivity contribution in [3.05, 3.63) is 41.7 Å². The number of nitrogens with zero attached hydrogens (tertiary/aromatic N) is 5. The van der Waals surface area contributed by atoms with Crippen molar-refractivity contribution >= 4 is 17.6 Å². The minimum absolute atomic E-state index is 0.0165. The fourth-order valence-electron chi connectivity index (χ4n) is 4.09. The van der Waals surface area contributed by atoms with E-state index >= 15 is 0 Å². The normalized spacial score (nSPS) is 20.4. The number of hydrogen-bond acceptors (Lipinski definition) is 6. The standard InChI is InChI=1S/C24H33F3N6O4/c1-16-12-32(17(2)14-34)22(35)8-5-9-33-20(11-28-30-33)15-37-21(16)13-31(3)23(36)29-19-7-4-6-18(10-19)24(25,26)27/h4,6-7,10-11,16-17,21,34H,5,8-9,12-15H2,1-3H3,(H,29,36)/t16-,17-,21+/m1/s1. The first-order valence-electron chi connectivity index (χ1n) is 12.1. The Kier molecular flexibility index (Phi) is 9.49. The number of aromatic nitrogens is 3. The largest absolute Gasteiger partial charge is 0.416 e. The monoisotopic (exact) mass is 526 g/mol. The molecule has 37 heavy (non-hydrogen) atoms. The van der Waals surface area contributed by atoms with Gasteiger partial charge in [-0.1, -0.05) is 18.2 Å². The molecule has 0 saturated heterocycles. The molecule has 3 atom stereocenters. The van der Waals surface area contributed by atoms with E-state index in [1.54, 1.807) is 22.7 Å². The van der Waals surface area contributed by atoms with Crippen LogP contribution in [0.2, 0.25) is 0 Å². The lowest BCUT2D eigenvalue weighted by molar-refractivity contribution is -0.137. The molecule has 2 aromatic rings. The summed E-state index contributed by atoms with van der Waals surface area (Å²) < 4.78 is 46.9. The molecular formula is C24H33F3N6O4. The molecule has 3 amide bonds. The van der Waals surface area contributed by atoms with Gasteiger partial charge in [0.1, 0.15) is 0 Å². The fraction of sp³-hybridized carbons (Fsp3) is 0.583. The van der Waals surface area contributed by atoms with Gasteiger partial charge in [-0.2, -0.15) is 13.2 Å². The van der Waals surface area contributed by atoms with Crippen LogP contribution in [-0.2, 0) is 28.9 Å². The lowest BCUT2D eigenvalue weighted by Crippen LogP contribution is -2.48. The zero-order valence-corrected chi connectivity index (χ0v) is 21.1. The summed E-state index contributed by atoms with van der Waals surface area (Å²) in [6.07, 6.45) is -2.65. The maximum absolute atomic E-state index is 13.0. The van der Waals surface area contributed by atoms with E-state index in [0.717, 1.165) is 17.8 Å². The van der Waals surface area contributed by atoms with Crippen molar-refractivity contribution in [3.63, 3.8) is 0 Å². The van der Waals surface area contributed by atoms with E-state index in [2.05, 4.69) is 15.6 Å². The van der Waals surface area contributed by atoms with Crippen LogP contribution >= 0.6 is 0 Å². The number of rotatable bonds is 5. The van der Waals surface area contributed by atoms with Crippen molar-refractivity contribution in [2.24, 2.45) is 5.92 Å². The highest BCUT2D eigenvalue weighted by atomic mass is 19.4. The van der Waals surface area contributed by atoms with E-state index in [-0.39, 0.29) is 43.7 Å². The molecule has 0 bridgehead atoms. The van der Waals surface area contributed by atoms with Crippen LogP contribution in [0.25, 0.3) is 0 Å². The van der Waals surface area contributed by atoms with Crippen LogP contribution in [0.4, 0.5) is 23.7 Å². The number of nitrogens with one attached hydrogen (secondary N) is 1. The van der Waals surface area contributed by atoms with Crippen molar-refractivity contribution in [1.29, 1.82) is 0 Å². The molecule has 0 spiro atoms. The molecule has 0 unspecified atom stereocenters. The van der Waals surface area contributed by atoms with E-state index < -0.39 is 29.9 Å². The zero-order valence-electron chi connectivity index (χ0n) is 21.1.